The number of hydrogen-bond acceptors (Lipinski definition) is 3. The lowest BCUT2D eigenvalue weighted by atomic mass is 10.1. The number of hydrogen-bond donors (Lipinski definition) is 3. The van der Waals surface area contributed by atoms with Crippen LogP contribution in [-0.4, -0.2) is 29.3 Å². The van der Waals surface area contributed by atoms with Crippen LogP contribution in [0.25, 0.3) is 21.8 Å². The molecule has 19 heavy (non-hydrogen) atoms. The molecule has 0 aliphatic carbocycles. The Morgan fingerprint density at radius 2 is 1.89 bits per heavy atom. The fourth-order valence-corrected chi connectivity index (χ4v) is 2.18. The Hall–Kier alpha value is -2.04. The van der Waals surface area contributed by atoms with Crippen LogP contribution in [-0.2, 0) is 0 Å². The van der Waals surface area contributed by atoms with E-state index >= 15 is 0 Å². The molecule has 0 radical (unpaired) electrons. The standard InChI is InChI=1S/C15H16N2O2/c16-8-10(18)9-19-11-5-6-13-12-3-1-2-4-14(12)17-15(13)7-11/h1-7,10,17-18H,8-9,16H2/t10-/m0/s1. The third-order valence-corrected chi connectivity index (χ3v) is 3.19. The largest absolute Gasteiger partial charge is 0.491 e. The molecule has 0 saturated heterocycles. The van der Waals surface area contributed by atoms with Gasteiger partial charge in [0.2, 0.25) is 0 Å². The van der Waals surface area contributed by atoms with Crippen molar-refractivity contribution in [1.29, 1.82) is 0 Å². The van der Waals surface area contributed by atoms with Gasteiger partial charge in [0.25, 0.3) is 0 Å². The topological polar surface area (TPSA) is 71.3 Å². The highest BCUT2D eigenvalue weighted by Crippen LogP contribution is 2.28. The molecule has 1 heterocycles. The summed E-state index contributed by atoms with van der Waals surface area (Å²) in [5.74, 6) is 0.728. The lowest BCUT2D eigenvalue weighted by Crippen LogP contribution is -2.26. The monoisotopic (exact) mass is 256 g/mol. The molecule has 3 aromatic rings. The van der Waals surface area contributed by atoms with Crippen molar-refractivity contribution in [2.75, 3.05) is 13.2 Å². The van der Waals surface area contributed by atoms with Crippen LogP contribution in [0.1, 0.15) is 0 Å². The van der Waals surface area contributed by atoms with Crippen molar-refractivity contribution < 1.29 is 9.84 Å². The second-order valence-corrected chi connectivity index (χ2v) is 4.58. The highest BCUT2D eigenvalue weighted by atomic mass is 16.5. The zero-order chi connectivity index (χ0) is 13.2. The van der Waals surface area contributed by atoms with Gasteiger partial charge in [0.1, 0.15) is 18.5 Å². The Labute approximate surface area is 110 Å². The predicted octanol–water partition coefficient (Wildman–Crippen LogP) is 2.02. The van der Waals surface area contributed by atoms with E-state index in [9.17, 15) is 5.11 Å². The Kier molecular flexibility index (Phi) is 3.11. The summed E-state index contributed by atoms with van der Waals surface area (Å²) >= 11 is 0. The fraction of sp³-hybridized carbons (Fsp3) is 0.200. The third kappa shape index (κ3) is 2.28. The first kappa shape index (κ1) is 12.0. The number of rotatable bonds is 4. The molecule has 98 valence electrons. The number of nitrogens with two attached hydrogens (primary N) is 1. The van der Waals surface area contributed by atoms with E-state index in [1.807, 2.05) is 36.4 Å². The number of para-hydroxylation sites is 1. The maximum Gasteiger partial charge on any atom is 0.121 e. The van der Waals surface area contributed by atoms with Gasteiger partial charge < -0.3 is 20.6 Å². The molecule has 0 fully saturated rings. The summed E-state index contributed by atoms with van der Waals surface area (Å²) in [6.45, 7) is 0.414. The van der Waals surface area contributed by atoms with E-state index in [4.69, 9.17) is 10.5 Å². The first-order valence-electron chi connectivity index (χ1n) is 6.29. The molecule has 1 atom stereocenters. The van der Waals surface area contributed by atoms with Crippen LogP contribution in [0.15, 0.2) is 42.5 Å². The van der Waals surface area contributed by atoms with Gasteiger partial charge in [0.15, 0.2) is 0 Å². The number of H-pyrrole nitrogens is 1. The summed E-state index contributed by atoms with van der Waals surface area (Å²) in [6, 6.07) is 14.0. The third-order valence-electron chi connectivity index (χ3n) is 3.19. The van der Waals surface area contributed by atoms with Crippen LogP contribution in [0.3, 0.4) is 0 Å². The molecule has 4 N–H and O–H groups in total. The van der Waals surface area contributed by atoms with Gasteiger partial charge in [-0.1, -0.05) is 18.2 Å². The molecule has 0 spiro atoms. The summed E-state index contributed by atoms with van der Waals surface area (Å²) in [5, 5.41) is 11.8. The number of ether oxygens (including phenoxy) is 1. The molecular weight excluding hydrogens is 240 g/mol. The second-order valence-electron chi connectivity index (χ2n) is 4.58. The lowest BCUT2D eigenvalue weighted by Gasteiger charge is -2.10. The van der Waals surface area contributed by atoms with Crippen LogP contribution in [0.2, 0.25) is 0 Å². The summed E-state index contributed by atoms with van der Waals surface area (Å²) in [5.41, 5.74) is 7.48. The fourth-order valence-electron chi connectivity index (χ4n) is 2.18. The minimum absolute atomic E-state index is 0.203. The molecule has 4 nitrogen and oxygen atoms in total. The van der Waals surface area contributed by atoms with Crippen molar-refractivity contribution in [2.45, 2.75) is 6.10 Å². The van der Waals surface area contributed by atoms with E-state index in [0.29, 0.717) is 0 Å². The first-order chi connectivity index (χ1) is 9.28. The van der Waals surface area contributed by atoms with E-state index in [0.717, 1.165) is 16.8 Å². The number of aromatic nitrogens is 1. The van der Waals surface area contributed by atoms with Gasteiger partial charge >= 0.3 is 0 Å². The van der Waals surface area contributed by atoms with Crippen molar-refractivity contribution in [2.24, 2.45) is 5.73 Å². The van der Waals surface area contributed by atoms with Crippen LogP contribution in [0.4, 0.5) is 0 Å². The highest BCUT2D eigenvalue weighted by Gasteiger charge is 2.06. The normalized spacial score (nSPS) is 12.9. The lowest BCUT2D eigenvalue weighted by molar-refractivity contribution is 0.114. The zero-order valence-electron chi connectivity index (χ0n) is 10.5. The molecule has 0 unspecified atom stereocenters. The van der Waals surface area contributed by atoms with Gasteiger partial charge in [-0.2, -0.15) is 0 Å². The Morgan fingerprint density at radius 3 is 2.74 bits per heavy atom. The number of fused-ring (bicyclic) bond motifs is 3. The average molecular weight is 256 g/mol. The number of nitrogens with one attached hydrogen (secondary N) is 1. The van der Waals surface area contributed by atoms with Crippen molar-refractivity contribution in [1.82, 2.24) is 4.98 Å². The van der Waals surface area contributed by atoms with Gasteiger partial charge in [-0.05, 0) is 18.2 Å². The molecule has 3 rings (SSSR count). The summed E-state index contributed by atoms with van der Waals surface area (Å²) in [4.78, 5) is 3.35. The quantitative estimate of drug-likeness (QED) is 0.668. The molecule has 0 saturated carbocycles. The van der Waals surface area contributed by atoms with Crippen LogP contribution in [0.5, 0.6) is 5.75 Å². The number of aromatic amines is 1. The minimum Gasteiger partial charge on any atom is -0.491 e. The van der Waals surface area contributed by atoms with Crippen LogP contribution < -0.4 is 10.5 Å². The molecule has 4 heteroatoms. The summed E-state index contributed by atoms with van der Waals surface area (Å²) < 4.78 is 5.51. The number of aliphatic hydroxyl groups excluding tert-OH is 1. The second kappa shape index (κ2) is 4.91. The van der Waals surface area contributed by atoms with E-state index in [1.54, 1.807) is 0 Å². The van der Waals surface area contributed by atoms with Crippen LogP contribution >= 0.6 is 0 Å². The van der Waals surface area contributed by atoms with Gasteiger partial charge in [-0.3, -0.25) is 0 Å². The predicted molar refractivity (Wildman–Crippen MR) is 76.4 cm³/mol. The van der Waals surface area contributed by atoms with Gasteiger partial charge in [0, 0.05) is 28.9 Å². The SMILES string of the molecule is NC[C@H](O)COc1ccc2c(c1)[nH]c1ccccc12. The van der Waals surface area contributed by atoms with Crippen molar-refractivity contribution in [3.63, 3.8) is 0 Å². The van der Waals surface area contributed by atoms with Crippen LogP contribution in [0, 0.1) is 0 Å². The maximum absolute atomic E-state index is 9.39. The molecule has 2 aromatic carbocycles. The smallest absolute Gasteiger partial charge is 0.121 e. The Morgan fingerprint density at radius 1 is 1.11 bits per heavy atom. The highest BCUT2D eigenvalue weighted by molar-refractivity contribution is 6.07. The molecule has 0 bridgehead atoms. The van der Waals surface area contributed by atoms with Gasteiger partial charge in [-0.15, -0.1) is 0 Å². The number of aliphatic hydroxyl groups is 1. The van der Waals surface area contributed by atoms with E-state index < -0.39 is 6.10 Å². The van der Waals surface area contributed by atoms with Crippen molar-refractivity contribution in [3.8, 4) is 5.75 Å². The molecular formula is C15H16N2O2. The summed E-state index contributed by atoms with van der Waals surface area (Å²) in [7, 11) is 0. The molecule has 1 aromatic heterocycles. The molecule has 0 amide bonds. The Bertz CT molecular complexity index is 706. The van der Waals surface area contributed by atoms with Gasteiger partial charge in [0.05, 0.1) is 5.52 Å². The van der Waals surface area contributed by atoms with Gasteiger partial charge in [-0.25, -0.2) is 0 Å². The maximum atomic E-state index is 9.39. The Balaban J connectivity index is 1.95. The van der Waals surface area contributed by atoms with Crippen molar-refractivity contribution in [3.05, 3.63) is 42.5 Å². The van der Waals surface area contributed by atoms with E-state index in [1.165, 1.54) is 10.8 Å². The molecule has 0 aliphatic heterocycles. The minimum atomic E-state index is -0.626. The first-order valence-corrected chi connectivity index (χ1v) is 6.29. The summed E-state index contributed by atoms with van der Waals surface area (Å²) in [6.07, 6.45) is -0.626. The zero-order valence-corrected chi connectivity index (χ0v) is 10.5. The number of benzene rings is 2. The van der Waals surface area contributed by atoms with Crippen molar-refractivity contribution >= 4 is 21.8 Å². The van der Waals surface area contributed by atoms with E-state index in [-0.39, 0.29) is 13.2 Å². The average Bonchev–Trinajstić information content (AvgIpc) is 2.82. The molecule has 0 aliphatic rings. The van der Waals surface area contributed by atoms with E-state index in [2.05, 4.69) is 11.1 Å².